The predicted molar refractivity (Wildman–Crippen MR) is 71.4 cm³/mol. The number of carbonyl (C=O) groups is 1. The van der Waals surface area contributed by atoms with E-state index < -0.39 is 5.97 Å². The summed E-state index contributed by atoms with van der Waals surface area (Å²) in [6, 6.07) is 5.36. The molecule has 5 heteroatoms. The zero-order valence-electron chi connectivity index (χ0n) is 10.7. The summed E-state index contributed by atoms with van der Waals surface area (Å²) in [4.78, 5) is 17.4. The van der Waals surface area contributed by atoms with E-state index in [4.69, 9.17) is 5.11 Å². The first-order valence-electron chi connectivity index (χ1n) is 6.21. The molecule has 0 amide bonds. The quantitative estimate of drug-likeness (QED) is 0.909. The van der Waals surface area contributed by atoms with Gasteiger partial charge in [0.2, 0.25) is 0 Å². The third-order valence-corrected chi connectivity index (χ3v) is 3.59. The number of carboxylic acid groups (broad SMARTS) is 1. The fourth-order valence-corrected chi connectivity index (χ4v) is 2.48. The molecule has 1 aromatic carbocycles. The van der Waals surface area contributed by atoms with Gasteiger partial charge in [-0.05, 0) is 24.1 Å². The van der Waals surface area contributed by atoms with Crippen molar-refractivity contribution in [2.45, 2.75) is 13.0 Å². The number of hydrogen-bond donors (Lipinski definition) is 1. The van der Waals surface area contributed by atoms with Crippen LogP contribution in [0.3, 0.4) is 0 Å². The fraction of sp³-hybridized carbons (Fsp3) is 0.286. The van der Waals surface area contributed by atoms with Gasteiger partial charge in [0.05, 0.1) is 24.1 Å². The highest BCUT2D eigenvalue weighted by Crippen LogP contribution is 2.30. The maximum absolute atomic E-state index is 11.0. The molecule has 98 valence electrons. The second-order valence-corrected chi connectivity index (χ2v) is 4.82. The van der Waals surface area contributed by atoms with Crippen LogP contribution in [0.15, 0.2) is 30.7 Å². The molecule has 0 atom stereocenters. The van der Waals surface area contributed by atoms with Gasteiger partial charge < -0.3 is 14.6 Å². The molecule has 0 saturated heterocycles. The van der Waals surface area contributed by atoms with Crippen molar-refractivity contribution < 1.29 is 9.90 Å². The molecule has 3 rings (SSSR count). The molecule has 2 heterocycles. The fourth-order valence-electron chi connectivity index (χ4n) is 2.48. The average Bonchev–Trinajstić information content (AvgIpc) is 2.97. The van der Waals surface area contributed by atoms with Crippen LogP contribution in [-0.2, 0) is 20.0 Å². The predicted octanol–water partition coefficient (Wildman–Crippen LogP) is 1.68. The minimum absolute atomic E-state index is 0.343. The molecule has 1 aromatic heterocycles. The van der Waals surface area contributed by atoms with Gasteiger partial charge in [-0.1, -0.05) is 6.07 Å². The van der Waals surface area contributed by atoms with Crippen molar-refractivity contribution in [3.8, 4) is 0 Å². The zero-order chi connectivity index (χ0) is 13.4. The lowest BCUT2D eigenvalue weighted by Crippen LogP contribution is -2.21. The van der Waals surface area contributed by atoms with Crippen LogP contribution in [0.2, 0.25) is 0 Å². The molecule has 0 saturated carbocycles. The molecule has 5 nitrogen and oxygen atoms in total. The van der Waals surface area contributed by atoms with Gasteiger partial charge in [-0.2, -0.15) is 0 Å². The van der Waals surface area contributed by atoms with Crippen molar-refractivity contribution in [3.63, 3.8) is 0 Å². The summed E-state index contributed by atoms with van der Waals surface area (Å²) < 4.78 is 1.99. The number of nitrogens with zero attached hydrogens (tertiary/aromatic N) is 3. The third kappa shape index (κ3) is 2.07. The van der Waals surface area contributed by atoms with Crippen molar-refractivity contribution >= 4 is 11.7 Å². The number of fused-ring (bicyclic) bond motifs is 1. The summed E-state index contributed by atoms with van der Waals surface area (Å²) >= 11 is 0. The lowest BCUT2D eigenvalue weighted by atomic mass is 10.1. The summed E-state index contributed by atoms with van der Waals surface area (Å²) in [5.74, 6) is -0.879. The van der Waals surface area contributed by atoms with Crippen LogP contribution in [-0.4, -0.2) is 27.2 Å². The molecule has 0 aliphatic carbocycles. The lowest BCUT2D eigenvalue weighted by molar-refractivity contribution is 0.0697. The number of hydrogen-bond acceptors (Lipinski definition) is 3. The summed E-state index contributed by atoms with van der Waals surface area (Å²) in [5, 5.41) is 9.07. The number of aromatic carboxylic acids is 1. The Morgan fingerprint density at radius 3 is 3.00 bits per heavy atom. The van der Waals surface area contributed by atoms with Crippen LogP contribution in [0, 0.1) is 0 Å². The van der Waals surface area contributed by atoms with Crippen LogP contribution >= 0.6 is 0 Å². The van der Waals surface area contributed by atoms with Gasteiger partial charge in [0.25, 0.3) is 0 Å². The van der Waals surface area contributed by atoms with Gasteiger partial charge in [0, 0.05) is 25.5 Å². The topological polar surface area (TPSA) is 58.4 Å². The first-order valence-corrected chi connectivity index (χ1v) is 6.21. The molecule has 0 fully saturated rings. The molecule has 1 aliphatic rings. The van der Waals surface area contributed by atoms with Crippen molar-refractivity contribution in [3.05, 3.63) is 47.5 Å². The molecule has 0 radical (unpaired) electrons. The Kier molecular flexibility index (Phi) is 2.74. The van der Waals surface area contributed by atoms with Gasteiger partial charge in [-0.15, -0.1) is 0 Å². The zero-order valence-corrected chi connectivity index (χ0v) is 10.7. The van der Waals surface area contributed by atoms with E-state index in [1.165, 1.54) is 5.56 Å². The smallest absolute Gasteiger partial charge is 0.335 e. The average molecular weight is 257 g/mol. The van der Waals surface area contributed by atoms with E-state index in [2.05, 4.69) is 9.88 Å². The van der Waals surface area contributed by atoms with Crippen LogP contribution in [0.1, 0.15) is 21.6 Å². The van der Waals surface area contributed by atoms with Crippen molar-refractivity contribution in [2.24, 2.45) is 7.05 Å². The number of aromatic nitrogens is 2. The van der Waals surface area contributed by atoms with E-state index in [0.717, 1.165) is 30.9 Å². The van der Waals surface area contributed by atoms with E-state index in [9.17, 15) is 4.79 Å². The second kappa shape index (κ2) is 4.42. The van der Waals surface area contributed by atoms with Crippen LogP contribution in [0.5, 0.6) is 0 Å². The van der Waals surface area contributed by atoms with E-state index in [1.54, 1.807) is 18.5 Å². The molecule has 1 N–H and O–H groups in total. The molecular weight excluding hydrogens is 242 g/mol. The summed E-state index contributed by atoms with van der Waals surface area (Å²) in [7, 11) is 1.97. The van der Waals surface area contributed by atoms with Crippen molar-refractivity contribution in [1.29, 1.82) is 0 Å². The minimum Gasteiger partial charge on any atom is -0.478 e. The van der Waals surface area contributed by atoms with Crippen molar-refractivity contribution in [1.82, 2.24) is 9.55 Å². The Morgan fingerprint density at radius 2 is 2.32 bits per heavy atom. The number of imidazole rings is 1. The highest BCUT2D eigenvalue weighted by Gasteiger charge is 2.21. The highest BCUT2D eigenvalue weighted by molar-refractivity contribution is 5.89. The van der Waals surface area contributed by atoms with E-state index >= 15 is 0 Å². The third-order valence-electron chi connectivity index (χ3n) is 3.59. The largest absolute Gasteiger partial charge is 0.478 e. The van der Waals surface area contributed by atoms with Gasteiger partial charge >= 0.3 is 5.97 Å². The number of anilines is 1. The normalized spacial score (nSPS) is 13.6. The molecule has 19 heavy (non-hydrogen) atoms. The van der Waals surface area contributed by atoms with E-state index in [1.807, 2.05) is 23.9 Å². The van der Waals surface area contributed by atoms with Crippen molar-refractivity contribution in [2.75, 3.05) is 11.4 Å². The number of benzene rings is 1. The molecule has 1 aliphatic heterocycles. The van der Waals surface area contributed by atoms with Gasteiger partial charge in [0.15, 0.2) is 0 Å². The number of rotatable bonds is 3. The molecule has 0 bridgehead atoms. The SMILES string of the molecule is Cn1cncc1CN1CCc2ccc(C(=O)O)cc21. The summed E-state index contributed by atoms with van der Waals surface area (Å²) in [5.41, 5.74) is 3.71. The highest BCUT2D eigenvalue weighted by atomic mass is 16.4. The Bertz CT molecular complexity index is 633. The summed E-state index contributed by atoms with van der Waals surface area (Å²) in [6.07, 6.45) is 4.59. The second-order valence-electron chi connectivity index (χ2n) is 4.82. The Balaban J connectivity index is 1.90. The van der Waals surface area contributed by atoms with E-state index in [-0.39, 0.29) is 0 Å². The van der Waals surface area contributed by atoms with Gasteiger partial charge in [-0.3, -0.25) is 0 Å². The number of aryl methyl sites for hydroxylation is 1. The maximum Gasteiger partial charge on any atom is 0.335 e. The molecule has 0 spiro atoms. The monoisotopic (exact) mass is 257 g/mol. The van der Waals surface area contributed by atoms with Crippen LogP contribution < -0.4 is 4.90 Å². The van der Waals surface area contributed by atoms with Crippen LogP contribution in [0.25, 0.3) is 0 Å². The Hall–Kier alpha value is -2.30. The minimum atomic E-state index is -0.879. The molecule has 2 aromatic rings. The summed E-state index contributed by atoms with van der Waals surface area (Å²) in [6.45, 7) is 1.68. The van der Waals surface area contributed by atoms with Gasteiger partial charge in [-0.25, -0.2) is 9.78 Å². The Labute approximate surface area is 111 Å². The lowest BCUT2D eigenvalue weighted by Gasteiger charge is -2.19. The molecule has 0 unspecified atom stereocenters. The van der Waals surface area contributed by atoms with Gasteiger partial charge in [0.1, 0.15) is 0 Å². The first kappa shape index (κ1) is 11.8. The van der Waals surface area contributed by atoms with E-state index in [0.29, 0.717) is 5.56 Å². The maximum atomic E-state index is 11.0. The van der Waals surface area contributed by atoms with Crippen LogP contribution in [0.4, 0.5) is 5.69 Å². The molecular formula is C14H15N3O2. The first-order chi connectivity index (χ1) is 9.15. The standard InChI is InChI=1S/C14H15N3O2/c1-16-9-15-7-12(16)8-17-5-4-10-2-3-11(14(18)19)6-13(10)17/h2-3,6-7,9H,4-5,8H2,1H3,(H,18,19). The number of carboxylic acids is 1. The Morgan fingerprint density at radius 1 is 1.47 bits per heavy atom.